The molecule has 0 radical (unpaired) electrons. The maximum atomic E-state index is 10.2. The van der Waals surface area contributed by atoms with Crippen LogP contribution in [0, 0.1) is 0 Å². The molecule has 0 aromatic carbocycles. The molecule has 1 aliphatic rings. The van der Waals surface area contributed by atoms with Crippen LogP contribution in [0.1, 0.15) is 18.5 Å². The van der Waals surface area contributed by atoms with Gasteiger partial charge in [0.1, 0.15) is 5.60 Å². The van der Waals surface area contributed by atoms with Crippen molar-refractivity contribution in [2.75, 3.05) is 20.3 Å². The number of thiazole rings is 1. The van der Waals surface area contributed by atoms with Gasteiger partial charge in [-0.3, -0.25) is 0 Å². The number of aromatic nitrogens is 1. The summed E-state index contributed by atoms with van der Waals surface area (Å²) in [7, 11) is 1.57. The normalized spacial score (nSPS) is 27.6. The molecule has 5 heteroatoms. The predicted octanol–water partition coefficient (Wildman–Crippen LogP) is 1.15. The van der Waals surface area contributed by atoms with E-state index < -0.39 is 5.60 Å². The molecular weight excluding hydrogens is 202 g/mol. The molecule has 1 atom stereocenters. The third-order valence-electron chi connectivity index (χ3n) is 2.35. The first kappa shape index (κ1) is 9.89. The van der Waals surface area contributed by atoms with Crippen LogP contribution in [0.4, 0.5) is 0 Å². The van der Waals surface area contributed by atoms with E-state index in [9.17, 15) is 5.11 Å². The maximum Gasteiger partial charge on any atom is 0.273 e. The van der Waals surface area contributed by atoms with Gasteiger partial charge in [0.2, 0.25) is 0 Å². The molecule has 1 aliphatic heterocycles. The highest BCUT2D eigenvalue weighted by Crippen LogP contribution is 2.32. The van der Waals surface area contributed by atoms with Gasteiger partial charge in [-0.2, -0.15) is 0 Å². The Balaban J connectivity index is 2.19. The van der Waals surface area contributed by atoms with Gasteiger partial charge in [0.05, 0.1) is 19.4 Å². The van der Waals surface area contributed by atoms with E-state index in [0.717, 1.165) is 13.0 Å². The molecule has 0 saturated carbocycles. The molecule has 14 heavy (non-hydrogen) atoms. The summed E-state index contributed by atoms with van der Waals surface area (Å²) < 4.78 is 10.2. The second kappa shape index (κ2) is 3.84. The molecule has 2 heterocycles. The summed E-state index contributed by atoms with van der Waals surface area (Å²) in [5.74, 6) is 0. The number of hydrogen-bond donors (Lipinski definition) is 1. The van der Waals surface area contributed by atoms with Crippen LogP contribution in [-0.4, -0.2) is 30.4 Å². The van der Waals surface area contributed by atoms with Crippen molar-refractivity contribution in [3.63, 3.8) is 0 Å². The number of ether oxygens (including phenoxy) is 2. The van der Waals surface area contributed by atoms with Gasteiger partial charge in [-0.05, 0) is 12.8 Å². The Labute approximate surface area is 86.5 Å². The van der Waals surface area contributed by atoms with E-state index >= 15 is 0 Å². The Bertz CT molecular complexity index is 307. The van der Waals surface area contributed by atoms with Gasteiger partial charge >= 0.3 is 0 Å². The van der Waals surface area contributed by atoms with Gasteiger partial charge < -0.3 is 14.6 Å². The predicted molar refractivity (Wildman–Crippen MR) is 52.6 cm³/mol. The largest absolute Gasteiger partial charge is 0.473 e. The van der Waals surface area contributed by atoms with Crippen LogP contribution in [-0.2, 0) is 10.3 Å². The summed E-state index contributed by atoms with van der Waals surface area (Å²) in [5, 5.41) is 12.6. The van der Waals surface area contributed by atoms with Crippen LogP contribution in [0.25, 0.3) is 0 Å². The van der Waals surface area contributed by atoms with Crippen molar-refractivity contribution in [3.8, 4) is 5.19 Å². The molecule has 1 N–H and O–H groups in total. The molecule has 0 spiro atoms. The lowest BCUT2D eigenvalue weighted by Gasteiger charge is -2.30. The standard InChI is InChI=1S/C9H13NO3S/c1-12-8-10-7(5-14-8)9(11)3-2-4-13-6-9/h5,11H,2-4,6H2,1H3. The zero-order valence-electron chi connectivity index (χ0n) is 8.02. The summed E-state index contributed by atoms with van der Waals surface area (Å²) in [6.07, 6.45) is 1.58. The van der Waals surface area contributed by atoms with Crippen LogP contribution in [0.5, 0.6) is 5.19 Å². The maximum absolute atomic E-state index is 10.2. The SMILES string of the molecule is COc1nc(C2(O)CCCOC2)cs1. The lowest BCUT2D eigenvalue weighted by molar-refractivity contribution is -0.0926. The summed E-state index contributed by atoms with van der Waals surface area (Å²) in [6, 6.07) is 0. The molecule has 2 rings (SSSR count). The third kappa shape index (κ3) is 1.75. The molecule has 78 valence electrons. The quantitative estimate of drug-likeness (QED) is 0.804. The highest BCUT2D eigenvalue weighted by atomic mass is 32.1. The fourth-order valence-electron chi connectivity index (χ4n) is 1.55. The number of hydrogen-bond acceptors (Lipinski definition) is 5. The lowest BCUT2D eigenvalue weighted by atomic mass is 9.94. The molecule has 1 fully saturated rings. The lowest BCUT2D eigenvalue weighted by Crippen LogP contribution is -2.36. The van der Waals surface area contributed by atoms with Crippen LogP contribution < -0.4 is 4.74 Å². The average Bonchev–Trinajstić information content (AvgIpc) is 2.67. The minimum absolute atomic E-state index is 0.333. The third-order valence-corrected chi connectivity index (χ3v) is 3.16. The minimum Gasteiger partial charge on any atom is -0.473 e. The molecule has 1 aromatic heterocycles. The van der Waals surface area contributed by atoms with Crippen LogP contribution >= 0.6 is 11.3 Å². The Hall–Kier alpha value is -0.650. The van der Waals surface area contributed by atoms with Crippen molar-refractivity contribution in [2.45, 2.75) is 18.4 Å². The second-order valence-corrected chi connectivity index (χ2v) is 4.21. The molecule has 4 nitrogen and oxygen atoms in total. The fourth-order valence-corrected chi connectivity index (χ4v) is 2.28. The van der Waals surface area contributed by atoms with Crippen molar-refractivity contribution >= 4 is 11.3 Å². The van der Waals surface area contributed by atoms with E-state index in [1.54, 1.807) is 7.11 Å². The minimum atomic E-state index is -0.911. The Kier molecular flexibility index (Phi) is 2.71. The van der Waals surface area contributed by atoms with Gasteiger partial charge in [0.15, 0.2) is 0 Å². The van der Waals surface area contributed by atoms with Crippen molar-refractivity contribution in [1.29, 1.82) is 0 Å². The number of rotatable bonds is 2. The molecule has 0 amide bonds. The zero-order valence-corrected chi connectivity index (χ0v) is 8.84. The van der Waals surface area contributed by atoms with Crippen molar-refractivity contribution < 1.29 is 14.6 Å². The molecule has 0 aliphatic carbocycles. The molecule has 0 bridgehead atoms. The van der Waals surface area contributed by atoms with Crippen LogP contribution in [0.3, 0.4) is 0 Å². The molecular formula is C9H13NO3S. The Morgan fingerprint density at radius 1 is 1.71 bits per heavy atom. The van der Waals surface area contributed by atoms with Gasteiger partial charge in [-0.1, -0.05) is 11.3 Å². The summed E-state index contributed by atoms with van der Waals surface area (Å²) in [4.78, 5) is 4.19. The van der Waals surface area contributed by atoms with E-state index in [-0.39, 0.29) is 0 Å². The highest BCUT2D eigenvalue weighted by molar-refractivity contribution is 7.11. The van der Waals surface area contributed by atoms with Crippen LogP contribution in [0.2, 0.25) is 0 Å². The molecule has 1 unspecified atom stereocenters. The van der Waals surface area contributed by atoms with Crippen LogP contribution in [0.15, 0.2) is 5.38 Å². The van der Waals surface area contributed by atoms with Gasteiger partial charge in [-0.15, -0.1) is 0 Å². The summed E-state index contributed by atoms with van der Waals surface area (Å²) in [6.45, 7) is 1.06. The number of methoxy groups -OCH3 is 1. The fraction of sp³-hybridized carbons (Fsp3) is 0.667. The van der Waals surface area contributed by atoms with Crippen molar-refractivity contribution in [1.82, 2.24) is 4.98 Å². The van der Waals surface area contributed by atoms with E-state index in [0.29, 0.717) is 23.9 Å². The van der Waals surface area contributed by atoms with E-state index in [1.165, 1.54) is 11.3 Å². The van der Waals surface area contributed by atoms with Crippen molar-refractivity contribution in [2.24, 2.45) is 0 Å². The second-order valence-electron chi connectivity index (χ2n) is 3.39. The summed E-state index contributed by atoms with van der Waals surface area (Å²) in [5.41, 5.74) is -0.245. The van der Waals surface area contributed by atoms with Gasteiger partial charge in [0, 0.05) is 12.0 Å². The first-order valence-corrected chi connectivity index (χ1v) is 5.43. The smallest absolute Gasteiger partial charge is 0.273 e. The highest BCUT2D eigenvalue weighted by Gasteiger charge is 2.34. The molecule has 1 saturated heterocycles. The summed E-state index contributed by atoms with van der Waals surface area (Å²) >= 11 is 1.39. The van der Waals surface area contributed by atoms with E-state index in [4.69, 9.17) is 9.47 Å². The van der Waals surface area contributed by atoms with Gasteiger partial charge in [0.25, 0.3) is 5.19 Å². The van der Waals surface area contributed by atoms with E-state index in [1.807, 2.05) is 5.38 Å². The zero-order chi connectivity index (χ0) is 10.0. The average molecular weight is 215 g/mol. The first-order chi connectivity index (χ1) is 6.74. The Morgan fingerprint density at radius 3 is 3.14 bits per heavy atom. The van der Waals surface area contributed by atoms with Crippen molar-refractivity contribution in [3.05, 3.63) is 11.1 Å². The van der Waals surface area contributed by atoms with E-state index in [2.05, 4.69) is 4.98 Å². The molecule has 1 aromatic rings. The topological polar surface area (TPSA) is 51.6 Å². The number of aliphatic hydroxyl groups is 1. The number of nitrogens with zero attached hydrogens (tertiary/aromatic N) is 1. The first-order valence-electron chi connectivity index (χ1n) is 4.55. The van der Waals surface area contributed by atoms with Gasteiger partial charge in [-0.25, -0.2) is 4.98 Å². The Morgan fingerprint density at radius 2 is 2.57 bits per heavy atom. The monoisotopic (exact) mass is 215 g/mol.